The average Bonchev–Trinajstić information content (AvgIpc) is 2.47. The number of carbonyl (C=O) groups excluding carboxylic acids is 1. The number of carbonyl (C=O) groups is 1. The Morgan fingerprint density at radius 2 is 2.10 bits per heavy atom. The van der Waals surface area contributed by atoms with Crippen LogP contribution in [-0.4, -0.2) is 29.1 Å². The summed E-state index contributed by atoms with van der Waals surface area (Å²) in [6, 6.07) is 8.07. The highest BCUT2D eigenvalue weighted by molar-refractivity contribution is 7.80. The van der Waals surface area contributed by atoms with Crippen molar-refractivity contribution in [2.24, 2.45) is 5.92 Å². The summed E-state index contributed by atoms with van der Waals surface area (Å²) in [5.74, 6) is 0.874. The molecule has 0 radical (unpaired) electrons. The molecule has 1 N–H and O–H groups in total. The molecule has 1 aromatic rings. The number of rotatable bonds is 6. The topological polar surface area (TPSA) is 41.6 Å². The third-order valence-electron chi connectivity index (χ3n) is 3.52. The second-order valence-corrected chi connectivity index (χ2v) is 5.81. The van der Waals surface area contributed by atoms with Gasteiger partial charge in [0.25, 0.3) is 0 Å². The van der Waals surface area contributed by atoms with Gasteiger partial charge in [-0.25, -0.2) is 0 Å². The SMILES string of the molecule is CCCCOc1ccc(CN2CC(C)C(=O)NC2=S)cc1. The molecule has 5 heteroatoms. The van der Waals surface area contributed by atoms with Gasteiger partial charge in [-0.2, -0.15) is 0 Å². The fraction of sp³-hybridized carbons (Fsp3) is 0.500. The number of benzene rings is 1. The molecule has 0 aromatic heterocycles. The van der Waals surface area contributed by atoms with E-state index in [1.165, 1.54) is 0 Å². The molecule has 2 rings (SSSR count). The van der Waals surface area contributed by atoms with E-state index in [-0.39, 0.29) is 11.8 Å². The normalized spacial score (nSPS) is 18.6. The van der Waals surface area contributed by atoms with Gasteiger partial charge >= 0.3 is 0 Å². The molecule has 1 aliphatic heterocycles. The van der Waals surface area contributed by atoms with Crippen molar-refractivity contribution >= 4 is 23.2 Å². The van der Waals surface area contributed by atoms with Crippen molar-refractivity contribution in [1.82, 2.24) is 10.2 Å². The zero-order valence-corrected chi connectivity index (χ0v) is 13.4. The van der Waals surface area contributed by atoms with Gasteiger partial charge in [0, 0.05) is 13.1 Å². The highest BCUT2D eigenvalue weighted by Gasteiger charge is 2.26. The Labute approximate surface area is 131 Å². The van der Waals surface area contributed by atoms with Crippen LogP contribution in [0.2, 0.25) is 0 Å². The quantitative estimate of drug-likeness (QED) is 0.648. The van der Waals surface area contributed by atoms with Crippen LogP contribution in [0.5, 0.6) is 5.75 Å². The van der Waals surface area contributed by atoms with Gasteiger partial charge in [-0.15, -0.1) is 0 Å². The van der Waals surface area contributed by atoms with Crippen LogP contribution in [0.15, 0.2) is 24.3 Å². The van der Waals surface area contributed by atoms with Gasteiger partial charge in [-0.1, -0.05) is 32.4 Å². The monoisotopic (exact) mass is 306 g/mol. The molecular formula is C16H22N2O2S. The third kappa shape index (κ3) is 4.43. The molecule has 1 fully saturated rings. The van der Waals surface area contributed by atoms with E-state index in [0.29, 0.717) is 18.2 Å². The molecule has 1 amide bonds. The summed E-state index contributed by atoms with van der Waals surface area (Å²) >= 11 is 5.22. The summed E-state index contributed by atoms with van der Waals surface area (Å²) in [5.41, 5.74) is 1.16. The first kappa shape index (κ1) is 15.8. The fourth-order valence-corrected chi connectivity index (χ4v) is 2.43. The summed E-state index contributed by atoms with van der Waals surface area (Å²) in [5, 5.41) is 3.25. The minimum absolute atomic E-state index is 0.0101. The first-order valence-corrected chi connectivity index (χ1v) is 7.82. The van der Waals surface area contributed by atoms with Gasteiger partial charge in [-0.3, -0.25) is 4.79 Å². The van der Waals surface area contributed by atoms with Crippen LogP contribution in [0.3, 0.4) is 0 Å². The molecule has 0 bridgehead atoms. The Bertz CT molecular complexity index is 502. The minimum atomic E-state index is -0.0339. The zero-order valence-electron chi connectivity index (χ0n) is 12.6. The average molecular weight is 306 g/mol. The van der Waals surface area contributed by atoms with E-state index in [2.05, 4.69) is 12.2 Å². The summed E-state index contributed by atoms with van der Waals surface area (Å²) in [4.78, 5) is 13.6. The Hall–Kier alpha value is -1.62. The van der Waals surface area contributed by atoms with Crippen LogP contribution >= 0.6 is 12.2 Å². The van der Waals surface area contributed by atoms with Crippen LogP contribution in [0, 0.1) is 5.92 Å². The van der Waals surface area contributed by atoms with Gasteiger partial charge in [-0.05, 0) is 36.3 Å². The van der Waals surface area contributed by atoms with Crippen molar-refractivity contribution < 1.29 is 9.53 Å². The smallest absolute Gasteiger partial charge is 0.230 e. The second kappa shape index (κ2) is 7.41. The van der Waals surface area contributed by atoms with Crippen LogP contribution in [0.1, 0.15) is 32.3 Å². The third-order valence-corrected chi connectivity index (χ3v) is 3.88. The van der Waals surface area contributed by atoms with E-state index < -0.39 is 0 Å². The van der Waals surface area contributed by atoms with Crippen molar-refractivity contribution in [3.05, 3.63) is 29.8 Å². The van der Waals surface area contributed by atoms with Crippen molar-refractivity contribution in [3.63, 3.8) is 0 Å². The molecule has 0 aliphatic carbocycles. The number of ether oxygens (including phenoxy) is 1. The van der Waals surface area contributed by atoms with Crippen molar-refractivity contribution in [3.8, 4) is 5.75 Å². The van der Waals surface area contributed by atoms with Crippen LogP contribution in [-0.2, 0) is 11.3 Å². The number of nitrogens with one attached hydrogen (secondary N) is 1. The molecule has 21 heavy (non-hydrogen) atoms. The van der Waals surface area contributed by atoms with Crippen molar-refractivity contribution in [2.75, 3.05) is 13.2 Å². The van der Waals surface area contributed by atoms with E-state index in [0.717, 1.165) is 30.8 Å². The standard InChI is InChI=1S/C16H22N2O2S/c1-3-4-9-20-14-7-5-13(6-8-14)11-18-10-12(2)15(19)17-16(18)21/h5-8,12H,3-4,9-11H2,1-2H3,(H,17,19,21). The fourth-order valence-electron chi connectivity index (χ4n) is 2.19. The molecule has 1 saturated heterocycles. The largest absolute Gasteiger partial charge is 0.494 e. The number of unbranched alkanes of at least 4 members (excludes halogenated alkanes) is 1. The zero-order chi connectivity index (χ0) is 15.2. The van der Waals surface area contributed by atoms with Gasteiger partial charge in [0.2, 0.25) is 5.91 Å². The lowest BCUT2D eigenvalue weighted by atomic mass is 10.1. The highest BCUT2D eigenvalue weighted by atomic mass is 32.1. The molecule has 1 aliphatic rings. The molecule has 1 atom stereocenters. The summed E-state index contributed by atoms with van der Waals surface area (Å²) in [7, 11) is 0. The number of thiocarbonyl (C=S) groups is 1. The summed E-state index contributed by atoms with van der Waals surface area (Å²) < 4.78 is 5.65. The Kier molecular flexibility index (Phi) is 5.56. The number of hydrogen-bond acceptors (Lipinski definition) is 3. The molecule has 4 nitrogen and oxygen atoms in total. The van der Waals surface area contributed by atoms with Crippen LogP contribution in [0.25, 0.3) is 0 Å². The lowest BCUT2D eigenvalue weighted by Crippen LogP contribution is -2.53. The van der Waals surface area contributed by atoms with E-state index in [4.69, 9.17) is 17.0 Å². The predicted octanol–water partition coefficient (Wildman–Crippen LogP) is 2.72. The van der Waals surface area contributed by atoms with E-state index in [9.17, 15) is 4.79 Å². The Morgan fingerprint density at radius 1 is 1.38 bits per heavy atom. The van der Waals surface area contributed by atoms with Gasteiger partial charge in [0.15, 0.2) is 5.11 Å². The summed E-state index contributed by atoms with van der Waals surface area (Å²) in [6.07, 6.45) is 2.20. The minimum Gasteiger partial charge on any atom is -0.494 e. The maximum absolute atomic E-state index is 11.5. The van der Waals surface area contributed by atoms with Crippen molar-refractivity contribution in [1.29, 1.82) is 0 Å². The van der Waals surface area contributed by atoms with E-state index in [1.54, 1.807) is 0 Å². The van der Waals surface area contributed by atoms with Gasteiger partial charge in [0.05, 0.1) is 12.5 Å². The predicted molar refractivity (Wildman–Crippen MR) is 87.2 cm³/mol. The van der Waals surface area contributed by atoms with E-state index >= 15 is 0 Å². The first-order chi connectivity index (χ1) is 10.1. The highest BCUT2D eigenvalue weighted by Crippen LogP contribution is 2.16. The molecule has 1 heterocycles. The van der Waals surface area contributed by atoms with Crippen molar-refractivity contribution in [2.45, 2.75) is 33.2 Å². The first-order valence-electron chi connectivity index (χ1n) is 7.41. The molecule has 1 aromatic carbocycles. The second-order valence-electron chi connectivity index (χ2n) is 5.42. The number of nitrogens with zero attached hydrogens (tertiary/aromatic N) is 1. The maximum atomic E-state index is 11.5. The van der Waals surface area contributed by atoms with E-state index in [1.807, 2.05) is 36.1 Å². The molecule has 0 saturated carbocycles. The maximum Gasteiger partial charge on any atom is 0.230 e. The number of hydrogen-bond donors (Lipinski definition) is 1. The van der Waals surface area contributed by atoms with Gasteiger partial charge in [0.1, 0.15) is 5.75 Å². The lowest BCUT2D eigenvalue weighted by Gasteiger charge is -2.32. The lowest BCUT2D eigenvalue weighted by molar-refractivity contribution is -0.124. The molecule has 0 spiro atoms. The van der Waals surface area contributed by atoms with Gasteiger partial charge < -0.3 is 15.0 Å². The summed E-state index contributed by atoms with van der Waals surface area (Å²) in [6.45, 7) is 6.19. The molecule has 1 unspecified atom stereocenters. The molecular weight excluding hydrogens is 284 g/mol. The number of amides is 1. The molecule has 114 valence electrons. The Balaban J connectivity index is 1.90. The van der Waals surface area contributed by atoms with Crippen LogP contribution in [0.4, 0.5) is 0 Å². The van der Waals surface area contributed by atoms with Crippen LogP contribution < -0.4 is 10.1 Å². The Morgan fingerprint density at radius 3 is 2.76 bits per heavy atom.